The van der Waals surface area contributed by atoms with Crippen LogP contribution < -0.4 is 0 Å². The Balaban J connectivity index is 1.55. The van der Waals surface area contributed by atoms with E-state index in [1.54, 1.807) is 35.9 Å². The average Bonchev–Trinajstić information content (AvgIpc) is 2.99. The van der Waals surface area contributed by atoms with Crippen molar-refractivity contribution in [3.8, 4) is 0 Å². The Kier molecular flexibility index (Phi) is 6.22. The molecule has 0 atom stereocenters. The van der Waals surface area contributed by atoms with Crippen LogP contribution in [0, 0.1) is 13.8 Å². The Labute approximate surface area is 163 Å². The normalized spacial score (nSPS) is 10.5. The van der Waals surface area contributed by atoms with Crippen LogP contribution >= 0.6 is 0 Å². The van der Waals surface area contributed by atoms with Gasteiger partial charge in [0.2, 0.25) is 0 Å². The fraction of sp³-hybridized carbons (Fsp3) is 0.227. The maximum absolute atomic E-state index is 12.5. The van der Waals surface area contributed by atoms with E-state index >= 15 is 0 Å². The van der Waals surface area contributed by atoms with Crippen LogP contribution in [-0.4, -0.2) is 34.9 Å². The van der Waals surface area contributed by atoms with Crippen molar-refractivity contribution in [3.63, 3.8) is 0 Å². The first kappa shape index (κ1) is 19.4. The SMILES string of the molecule is Cc1nn(Cc2ccccc2)c(C)c1C(=O)OCCOC(=O)c1ccccc1. The first-order valence-electron chi connectivity index (χ1n) is 9.03. The highest BCUT2D eigenvalue weighted by molar-refractivity contribution is 5.92. The van der Waals surface area contributed by atoms with Gasteiger partial charge in [0.1, 0.15) is 18.8 Å². The molecule has 0 saturated carbocycles. The van der Waals surface area contributed by atoms with Gasteiger partial charge in [-0.3, -0.25) is 4.68 Å². The summed E-state index contributed by atoms with van der Waals surface area (Å²) in [5, 5.41) is 4.45. The molecule has 28 heavy (non-hydrogen) atoms. The van der Waals surface area contributed by atoms with Gasteiger partial charge in [0, 0.05) is 0 Å². The van der Waals surface area contributed by atoms with Gasteiger partial charge in [-0.25, -0.2) is 9.59 Å². The largest absolute Gasteiger partial charge is 0.458 e. The molecule has 0 unspecified atom stereocenters. The van der Waals surface area contributed by atoms with E-state index in [1.165, 1.54) is 0 Å². The van der Waals surface area contributed by atoms with E-state index in [2.05, 4.69) is 5.10 Å². The molecule has 0 aliphatic heterocycles. The van der Waals surface area contributed by atoms with Gasteiger partial charge in [-0.05, 0) is 31.5 Å². The van der Waals surface area contributed by atoms with E-state index in [9.17, 15) is 9.59 Å². The van der Waals surface area contributed by atoms with Crippen molar-refractivity contribution in [1.29, 1.82) is 0 Å². The monoisotopic (exact) mass is 378 g/mol. The molecule has 2 aromatic carbocycles. The van der Waals surface area contributed by atoms with E-state index in [0.717, 1.165) is 11.3 Å². The van der Waals surface area contributed by atoms with Gasteiger partial charge in [-0.2, -0.15) is 5.10 Å². The van der Waals surface area contributed by atoms with Crippen molar-refractivity contribution in [1.82, 2.24) is 9.78 Å². The minimum Gasteiger partial charge on any atom is -0.458 e. The van der Waals surface area contributed by atoms with Crippen LogP contribution in [-0.2, 0) is 16.0 Å². The molecule has 3 rings (SSSR count). The van der Waals surface area contributed by atoms with Crippen LogP contribution in [0.3, 0.4) is 0 Å². The summed E-state index contributed by atoms with van der Waals surface area (Å²) in [5.41, 5.74) is 3.36. The van der Waals surface area contributed by atoms with Crippen LogP contribution in [0.1, 0.15) is 37.7 Å². The number of rotatable bonds is 7. The smallest absolute Gasteiger partial charge is 0.342 e. The zero-order valence-electron chi connectivity index (χ0n) is 15.9. The molecule has 6 nitrogen and oxygen atoms in total. The van der Waals surface area contributed by atoms with Crippen LogP contribution in [0.25, 0.3) is 0 Å². The van der Waals surface area contributed by atoms with Crippen molar-refractivity contribution < 1.29 is 19.1 Å². The molecule has 6 heteroatoms. The van der Waals surface area contributed by atoms with Crippen molar-refractivity contribution >= 4 is 11.9 Å². The van der Waals surface area contributed by atoms with E-state index in [0.29, 0.717) is 23.4 Å². The predicted octanol–water partition coefficient (Wildman–Crippen LogP) is 3.56. The molecule has 0 fully saturated rings. The minimum absolute atomic E-state index is 0.00425. The molecular weight excluding hydrogens is 356 g/mol. The first-order chi connectivity index (χ1) is 13.6. The van der Waals surface area contributed by atoms with Gasteiger partial charge >= 0.3 is 11.9 Å². The number of hydrogen-bond acceptors (Lipinski definition) is 5. The summed E-state index contributed by atoms with van der Waals surface area (Å²) in [6.07, 6.45) is 0. The predicted molar refractivity (Wildman–Crippen MR) is 104 cm³/mol. The van der Waals surface area contributed by atoms with Crippen LogP contribution in [0.2, 0.25) is 0 Å². The number of carbonyl (C=O) groups excluding carboxylic acids is 2. The molecule has 0 aliphatic rings. The van der Waals surface area contributed by atoms with Crippen LogP contribution in [0.15, 0.2) is 60.7 Å². The number of esters is 2. The van der Waals surface area contributed by atoms with E-state index in [4.69, 9.17) is 9.47 Å². The molecule has 1 heterocycles. The summed E-state index contributed by atoms with van der Waals surface area (Å²) < 4.78 is 12.2. The Morgan fingerprint density at radius 2 is 1.43 bits per heavy atom. The third kappa shape index (κ3) is 4.65. The zero-order valence-corrected chi connectivity index (χ0v) is 15.9. The number of aryl methyl sites for hydroxylation is 1. The average molecular weight is 378 g/mol. The molecule has 144 valence electrons. The summed E-state index contributed by atoms with van der Waals surface area (Å²) in [6, 6.07) is 18.6. The summed E-state index contributed by atoms with van der Waals surface area (Å²) >= 11 is 0. The molecular formula is C22H22N2O4. The molecule has 0 radical (unpaired) electrons. The number of ether oxygens (including phenoxy) is 2. The highest BCUT2D eigenvalue weighted by atomic mass is 16.6. The van der Waals surface area contributed by atoms with Crippen molar-refractivity contribution in [3.05, 3.63) is 88.7 Å². The summed E-state index contributed by atoms with van der Waals surface area (Å²) in [6.45, 7) is 4.18. The lowest BCUT2D eigenvalue weighted by atomic mass is 10.2. The van der Waals surface area contributed by atoms with E-state index in [-0.39, 0.29) is 13.2 Å². The Hall–Kier alpha value is -3.41. The molecule has 0 N–H and O–H groups in total. The maximum atomic E-state index is 12.5. The molecule has 0 bridgehead atoms. The molecule has 3 aromatic rings. The van der Waals surface area contributed by atoms with Crippen molar-refractivity contribution in [2.24, 2.45) is 0 Å². The molecule has 0 aliphatic carbocycles. The highest BCUT2D eigenvalue weighted by Crippen LogP contribution is 2.16. The lowest BCUT2D eigenvalue weighted by Gasteiger charge is -2.07. The van der Waals surface area contributed by atoms with Gasteiger partial charge < -0.3 is 9.47 Å². The van der Waals surface area contributed by atoms with Crippen molar-refractivity contribution in [2.45, 2.75) is 20.4 Å². The number of aromatic nitrogens is 2. The van der Waals surface area contributed by atoms with Gasteiger partial charge in [-0.15, -0.1) is 0 Å². The highest BCUT2D eigenvalue weighted by Gasteiger charge is 2.20. The van der Waals surface area contributed by atoms with Gasteiger partial charge in [0.05, 0.1) is 23.5 Å². The third-order valence-corrected chi connectivity index (χ3v) is 4.32. The number of nitrogens with zero attached hydrogens (tertiary/aromatic N) is 2. The second-order valence-corrected chi connectivity index (χ2v) is 6.33. The fourth-order valence-corrected chi connectivity index (χ4v) is 2.90. The van der Waals surface area contributed by atoms with Gasteiger partial charge in [0.25, 0.3) is 0 Å². The number of carbonyl (C=O) groups is 2. The first-order valence-corrected chi connectivity index (χ1v) is 9.03. The maximum Gasteiger partial charge on any atom is 0.342 e. The lowest BCUT2D eigenvalue weighted by molar-refractivity contribution is 0.0264. The Morgan fingerprint density at radius 1 is 0.857 bits per heavy atom. The summed E-state index contributed by atoms with van der Waals surface area (Å²) in [7, 11) is 0. The van der Waals surface area contributed by atoms with Crippen molar-refractivity contribution in [2.75, 3.05) is 13.2 Å². The van der Waals surface area contributed by atoms with E-state index in [1.807, 2.05) is 43.3 Å². The third-order valence-electron chi connectivity index (χ3n) is 4.32. The molecule has 0 amide bonds. The second-order valence-electron chi connectivity index (χ2n) is 6.33. The summed E-state index contributed by atoms with van der Waals surface area (Å²) in [4.78, 5) is 24.3. The van der Waals surface area contributed by atoms with Crippen LogP contribution in [0.5, 0.6) is 0 Å². The number of hydrogen-bond donors (Lipinski definition) is 0. The number of benzene rings is 2. The quantitative estimate of drug-likeness (QED) is 0.464. The second kappa shape index (κ2) is 8.99. The van der Waals surface area contributed by atoms with Crippen LogP contribution in [0.4, 0.5) is 0 Å². The topological polar surface area (TPSA) is 70.4 Å². The Morgan fingerprint density at radius 3 is 2.07 bits per heavy atom. The van der Waals surface area contributed by atoms with Gasteiger partial charge in [0.15, 0.2) is 0 Å². The molecule has 1 aromatic heterocycles. The summed E-state index contributed by atoms with van der Waals surface area (Å²) in [5.74, 6) is -0.912. The molecule has 0 saturated heterocycles. The Bertz CT molecular complexity index is 949. The zero-order chi connectivity index (χ0) is 19.9. The lowest BCUT2D eigenvalue weighted by Crippen LogP contribution is -2.15. The minimum atomic E-state index is -0.468. The standard InChI is InChI=1S/C22H22N2O4/c1-16-20(17(2)24(23-16)15-18-9-5-3-6-10-18)22(26)28-14-13-27-21(25)19-11-7-4-8-12-19/h3-12H,13-15H2,1-2H3. The molecule has 0 spiro atoms. The van der Waals surface area contributed by atoms with Gasteiger partial charge in [-0.1, -0.05) is 48.5 Å². The van der Waals surface area contributed by atoms with E-state index < -0.39 is 11.9 Å². The fourth-order valence-electron chi connectivity index (χ4n) is 2.90.